The molecule has 1 atom stereocenters. The number of hydrogen-bond donors (Lipinski definition) is 2. The summed E-state index contributed by atoms with van der Waals surface area (Å²) in [5.41, 5.74) is 0.889. The second-order valence-electron chi connectivity index (χ2n) is 5.51. The van der Waals surface area contributed by atoms with Gasteiger partial charge < -0.3 is 19.6 Å². The quantitative estimate of drug-likeness (QED) is 0.352. The molecule has 25 heavy (non-hydrogen) atoms. The Bertz CT molecular complexity index is 807. The van der Waals surface area contributed by atoms with E-state index in [1.54, 1.807) is 13.4 Å². The fourth-order valence-corrected chi connectivity index (χ4v) is 2.53. The van der Waals surface area contributed by atoms with Gasteiger partial charge in [-0.15, -0.1) is 34.2 Å². The summed E-state index contributed by atoms with van der Waals surface area (Å²) in [4.78, 5) is 4.26. The van der Waals surface area contributed by atoms with Crippen molar-refractivity contribution in [1.82, 2.24) is 25.4 Å². The third-order valence-electron chi connectivity index (χ3n) is 3.90. The highest BCUT2D eigenvalue weighted by atomic mass is 127. The van der Waals surface area contributed by atoms with Crippen LogP contribution in [0, 0.1) is 0 Å². The summed E-state index contributed by atoms with van der Waals surface area (Å²) in [5.74, 6) is 2.43. The van der Waals surface area contributed by atoms with Gasteiger partial charge in [0.25, 0.3) is 0 Å². The minimum absolute atomic E-state index is 0. The molecule has 0 aliphatic carbocycles. The van der Waals surface area contributed by atoms with Gasteiger partial charge in [-0.05, 0) is 26.0 Å². The van der Waals surface area contributed by atoms with E-state index in [2.05, 4.69) is 32.7 Å². The standard InChI is InChI=1S/C17H22N6O.HI/c1-4-23-11-20-22-16(23)10-19-17(18-3)21-12(2)15-9-13-7-5-6-8-14(13)24-15;/h5-9,11-12H,4,10H2,1-3H3,(H2,18,19,21);1H. The predicted molar refractivity (Wildman–Crippen MR) is 109 cm³/mol. The Hall–Kier alpha value is -2.10. The molecule has 1 unspecified atom stereocenters. The fourth-order valence-electron chi connectivity index (χ4n) is 2.53. The lowest BCUT2D eigenvalue weighted by molar-refractivity contribution is 0.488. The van der Waals surface area contributed by atoms with Crippen LogP contribution in [0.3, 0.4) is 0 Å². The van der Waals surface area contributed by atoms with E-state index in [1.807, 2.05) is 41.8 Å². The number of aryl methyl sites for hydroxylation is 1. The number of rotatable bonds is 5. The monoisotopic (exact) mass is 454 g/mol. The van der Waals surface area contributed by atoms with E-state index in [-0.39, 0.29) is 30.0 Å². The number of nitrogens with one attached hydrogen (secondary N) is 2. The topological polar surface area (TPSA) is 80.3 Å². The molecule has 0 saturated carbocycles. The van der Waals surface area contributed by atoms with Gasteiger partial charge in [0.2, 0.25) is 0 Å². The first-order chi connectivity index (χ1) is 11.7. The second-order valence-corrected chi connectivity index (χ2v) is 5.51. The van der Waals surface area contributed by atoms with E-state index in [4.69, 9.17) is 4.42 Å². The van der Waals surface area contributed by atoms with E-state index >= 15 is 0 Å². The van der Waals surface area contributed by atoms with Crippen LogP contribution in [0.25, 0.3) is 11.0 Å². The highest BCUT2D eigenvalue weighted by Crippen LogP contribution is 2.23. The lowest BCUT2D eigenvalue weighted by Gasteiger charge is -2.16. The molecule has 2 aromatic heterocycles. The van der Waals surface area contributed by atoms with E-state index in [1.165, 1.54) is 0 Å². The summed E-state index contributed by atoms with van der Waals surface area (Å²) in [6.45, 7) is 5.49. The van der Waals surface area contributed by atoms with Crippen molar-refractivity contribution < 1.29 is 4.42 Å². The molecule has 0 aliphatic rings. The first kappa shape index (κ1) is 19.2. The molecule has 0 spiro atoms. The van der Waals surface area contributed by atoms with Gasteiger partial charge in [0, 0.05) is 19.0 Å². The summed E-state index contributed by atoms with van der Waals surface area (Å²) >= 11 is 0. The zero-order valence-corrected chi connectivity index (χ0v) is 16.9. The fraction of sp³-hybridized carbons (Fsp3) is 0.353. The maximum atomic E-state index is 5.89. The van der Waals surface area contributed by atoms with Crippen molar-refractivity contribution in [2.24, 2.45) is 4.99 Å². The van der Waals surface area contributed by atoms with Crippen molar-refractivity contribution in [1.29, 1.82) is 0 Å². The number of fused-ring (bicyclic) bond motifs is 1. The first-order valence-electron chi connectivity index (χ1n) is 8.03. The maximum Gasteiger partial charge on any atom is 0.191 e. The largest absolute Gasteiger partial charge is 0.459 e. The molecule has 7 nitrogen and oxygen atoms in total. The minimum atomic E-state index is -0.00681. The van der Waals surface area contributed by atoms with Crippen LogP contribution in [0.4, 0.5) is 0 Å². The molecule has 0 saturated heterocycles. The van der Waals surface area contributed by atoms with Crippen molar-refractivity contribution in [3.05, 3.63) is 48.2 Å². The molecule has 1 aromatic carbocycles. The van der Waals surface area contributed by atoms with Crippen LogP contribution in [0.2, 0.25) is 0 Å². The maximum absolute atomic E-state index is 5.89. The molecule has 8 heteroatoms. The van der Waals surface area contributed by atoms with Crippen molar-refractivity contribution in [2.45, 2.75) is 33.0 Å². The van der Waals surface area contributed by atoms with Gasteiger partial charge in [-0.1, -0.05) is 18.2 Å². The summed E-state index contributed by atoms with van der Waals surface area (Å²) in [7, 11) is 1.74. The van der Waals surface area contributed by atoms with Gasteiger partial charge in [0.1, 0.15) is 17.7 Å². The molecule has 2 heterocycles. The Morgan fingerprint density at radius 1 is 1.36 bits per heavy atom. The number of aromatic nitrogens is 3. The van der Waals surface area contributed by atoms with Gasteiger partial charge in [-0.25, -0.2) is 0 Å². The molecule has 3 aromatic rings. The smallest absolute Gasteiger partial charge is 0.191 e. The Morgan fingerprint density at radius 2 is 2.16 bits per heavy atom. The number of benzene rings is 1. The van der Waals surface area contributed by atoms with Crippen molar-refractivity contribution in [2.75, 3.05) is 7.05 Å². The molecule has 2 N–H and O–H groups in total. The number of nitrogens with zero attached hydrogens (tertiary/aromatic N) is 4. The summed E-state index contributed by atoms with van der Waals surface area (Å²) in [6.07, 6.45) is 1.73. The van der Waals surface area contributed by atoms with Crippen molar-refractivity contribution in [3.8, 4) is 0 Å². The Kier molecular flexibility index (Phi) is 6.80. The highest BCUT2D eigenvalue weighted by Gasteiger charge is 2.13. The average molecular weight is 454 g/mol. The number of para-hydroxylation sites is 1. The predicted octanol–water partition coefficient (Wildman–Crippen LogP) is 3.09. The number of aliphatic imine (C=N–C) groups is 1. The molecule has 134 valence electrons. The Balaban J connectivity index is 0.00000225. The molecule has 3 rings (SSSR count). The molecular formula is C17H23IN6O. The number of furan rings is 1. The van der Waals surface area contributed by atoms with Crippen LogP contribution in [0.5, 0.6) is 0 Å². The summed E-state index contributed by atoms with van der Waals surface area (Å²) in [5, 5.41) is 15.7. The van der Waals surface area contributed by atoms with Crippen LogP contribution < -0.4 is 10.6 Å². The number of hydrogen-bond acceptors (Lipinski definition) is 4. The van der Waals surface area contributed by atoms with Crippen LogP contribution >= 0.6 is 24.0 Å². The minimum Gasteiger partial charge on any atom is -0.459 e. The molecule has 0 amide bonds. The average Bonchev–Trinajstić information content (AvgIpc) is 3.24. The van der Waals surface area contributed by atoms with E-state index in [0.29, 0.717) is 12.5 Å². The van der Waals surface area contributed by atoms with Crippen LogP contribution in [0.1, 0.15) is 31.5 Å². The van der Waals surface area contributed by atoms with Crippen LogP contribution in [-0.4, -0.2) is 27.8 Å². The van der Waals surface area contributed by atoms with Crippen LogP contribution in [0.15, 0.2) is 46.1 Å². The summed E-state index contributed by atoms with van der Waals surface area (Å²) < 4.78 is 7.88. The molecular weight excluding hydrogens is 431 g/mol. The molecule has 0 radical (unpaired) electrons. The zero-order valence-electron chi connectivity index (χ0n) is 14.6. The van der Waals surface area contributed by atoms with Crippen molar-refractivity contribution >= 4 is 40.9 Å². The molecule has 0 aliphatic heterocycles. The van der Waals surface area contributed by atoms with Gasteiger partial charge in [-0.3, -0.25) is 4.99 Å². The van der Waals surface area contributed by atoms with E-state index in [0.717, 1.165) is 29.1 Å². The molecule has 0 bridgehead atoms. The van der Waals surface area contributed by atoms with Gasteiger partial charge >= 0.3 is 0 Å². The Labute approximate surface area is 163 Å². The third kappa shape index (κ3) is 4.50. The van der Waals surface area contributed by atoms with E-state index in [9.17, 15) is 0 Å². The lowest BCUT2D eigenvalue weighted by atomic mass is 10.2. The highest BCUT2D eigenvalue weighted by molar-refractivity contribution is 14.0. The SMILES string of the molecule is CCn1cnnc1CNC(=NC)NC(C)c1cc2ccccc2o1.I. The van der Waals surface area contributed by atoms with Gasteiger partial charge in [0.05, 0.1) is 12.6 Å². The lowest BCUT2D eigenvalue weighted by Crippen LogP contribution is -2.38. The first-order valence-corrected chi connectivity index (χ1v) is 8.03. The van der Waals surface area contributed by atoms with Crippen molar-refractivity contribution in [3.63, 3.8) is 0 Å². The number of halogens is 1. The normalized spacial score (nSPS) is 12.7. The van der Waals surface area contributed by atoms with Gasteiger partial charge in [0.15, 0.2) is 11.8 Å². The zero-order chi connectivity index (χ0) is 16.9. The molecule has 0 fully saturated rings. The second kappa shape index (κ2) is 8.84. The van der Waals surface area contributed by atoms with Crippen LogP contribution in [-0.2, 0) is 13.1 Å². The Morgan fingerprint density at radius 3 is 2.88 bits per heavy atom. The number of guanidine groups is 1. The summed E-state index contributed by atoms with van der Waals surface area (Å²) in [6, 6.07) is 10.0. The third-order valence-corrected chi connectivity index (χ3v) is 3.90. The van der Waals surface area contributed by atoms with E-state index < -0.39 is 0 Å². The van der Waals surface area contributed by atoms with Gasteiger partial charge in [-0.2, -0.15) is 0 Å².